The van der Waals surface area contributed by atoms with E-state index in [-0.39, 0.29) is 6.04 Å². The Morgan fingerprint density at radius 2 is 1.95 bits per heavy atom. The summed E-state index contributed by atoms with van der Waals surface area (Å²) in [4.78, 5) is 0. The van der Waals surface area contributed by atoms with E-state index in [1.54, 1.807) is 0 Å². The first kappa shape index (κ1) is 14.1. The van der Waals surface area contributed by atoms with Crippen LogP contribution in [0.4, 0.5) is 0 Å². The highest BCUT2D eigenvalue weighted by molar-refractivity contribution is 5.80. The van der Waals surface area contributed by atoms with E-state index >= 15 is 0 Å². The Bertz CT molecular complexity index is 515. The summed E-state index contributed by atoms with van der Waals surface area (Å²) in [6.07, 6.45) is 7.43. The van der Waals surface area contributed by atoms with Gasteiger partial charge in [0.25, 0.3) is 0 Å². The van der Waals surface area contributed by atoms with E-state index < -0.39 is 0 Å². The van der Waals surface area contributed by atoms with Gasteiger partial charge in [0.1, 0.15) is 11.3 Å². The Hall–Kier alpha value is -1.28. The van der Waals surface area contributed by atoms with Gasteiger partial charge in [-0.2, -0.15) is 0 Å². The molecule has 0 aliphatic rings. The maximum absolute atomic E-state index is 6.23. The number of unbranched alkanes of at least 4 members (excludes halogenated alkanes) is 4. The van der Waals surface area contributed by atoms with Crippen LogP contribution in [0.15, 0.2) is 28.7 Å². The van der Waals surface area contributed by atoms with Gasteiger partial charge in [-0.3, -0.25) is 0 Å². The largest absolute Gasteiger partial charge is 0.459 e. The van der Waals surface area contributed by atoms with Crippen molar-refractivity contribution in [3.63, 3.8) is 0 Å². The number of hydrogen-bond acceptors (Lipinski definition) is 2. The van der Waals surface area contributed by atoms with E-state index in [0.29, 0.717) is 0 Å². The maximum Gasteiger partial charge on any atom is 0.137 e. The van der Waals surface area contributed by atoms with Gasteiger partial charge in [-0.25, -0.2) is 0 Å². The molecule has 1 aromatic heterocycles. The van der Waals surface area contributed by atoms with Crippen LogP contribution >= 0.6 is 0 Å². The monoisotopic (exact) mass is 259 g/mol. The number of aryl methyl sites for hydroxylation is 1. The molecule has 0 amide bonds. The molecule has 0 saturated carbocycles. The Kier molecular flexibility index (Phi) is 5.03. The third kappa shape index (κ3) is 3.60. The van der Waals surface area contributed by atoms with Gasteiger partial charge in [-0.1, -0.05) is 57.2 Å². The van der Waals surface area contributed by atoms with Crippen LogP contribution in [0.25, 0.3) is 11.0 Å². The Morgan fingerprint density at radius 3 is 2.68 bits per heavy atom. The van der Waals surface area contributed by atoms with Crippen LogP contribution in [-0.2, 0) is 0 Å². The molecule has 1 atom stereocenters. The van der Waals surface area contributed by atoms with Crippen molar-refractivity contribution < 1.29 is 4.42 Å². The van der Waals surface area contributed by atoms with Crippen molar-refractivity contribution in [2.45, 2.75) is 58.4 Å². The second kappa shape index (κ2) is 6.76. The Balaban J connectivity index is 1.94. The van der Waals surface area contributed by atoms with Crippen LogP contribution < -0.4 is 5.73 Å². The van der Waals surface area contributed by atoms with Crippen LogP contribution in [-0.4, -0.2) is 0 Å². The van der Waals surface area contributed by atoms with Crippen molar-refractivity contribution in [3.8, 4) is 0 Å². The lowest BCUT2D eigenvalue weighted by Gasteiger charge is -2.08. The fourth-order valence-corrected chi connectivity index (χ4v) is 2.52. The highest BCUT2D eigenvalue weighted by atomic mass is 16.3. The van der Waals surface area contributed by atoms with E-state index in [1.165, 1.54) is 37.7 Å². The van der Waals surface area contributed by atoms with Gasteiger partial charge in [0, 0.05) is 5.39 Å². The molecular weight excluding hydrogens is 234 g/mol. The third-order valence-electron chi connectivity index (χ3n) is 3.74. The molecule has 0 spiro atoms. The lowest BCUT2D eigenvalue weighted by molar-refractivity contribution is 0.459. The van der Waals surface area contributed by atoms with Gasteiger partial charge in [-0.05, 0) is 25.0 Å². The SMILES string of the molecule is CCCCCCCC(N)c1cc2cccc(C)c2o1. The average molecular weight is 259 g/mol. The molecule has 2 rings (SSSR count). The zero-order valence-corrected chi connectivity index (χ0v) is 12.1. The second-order valence-corrected chi connectivity index (χ2v) is 5.45. The molecule has 0 bridgehead atoms. The topological polar surface area (TPSA) is 39.2 Å². The van der Waals surface area contributed by atoms with Crippen LogP contribution in [0.3, 0.4) is 0 Å². The molecule has 2 nitrogen and oxygen atoms in total. The normalized spacial score (nSPS) is 13.0. The predicted molar refractivity (Wildman–Crippen MR) is 81.3 cm³/mol. The second-order valence-electron chi connectivity index (χ2n) is 5.45. The minimum Gasteiger partial charge on any atom is -0.459 e. The highest BCUT2D eigenvalue weighted by Gasteiger charge is 2.12. The molecule has 0 radical (unpaired) electrons. The first-order chi connectivity index (χ1) is 9.22. The molecular formula is C17H25NO. The smallest absolute Gasteiger partial charge is 0.137 e. The minimum atomic E-state index is 0.0356. The van der Waals surface area contributed by atoms with Crippen LogP contribution in [0.2, 0.25) is 0 Å². The molecule has 0 aliphatic carbocycles. The number of furan rings is 1. The number of para-hydroxylation sites is 1. The van der Waals surface area contributed by atoms with Crippen LogP contribution in [0, 0.1) is 6.92 Å². The van der Waals surface area contributed by atoms with Gasteiger partial charge in [0.2, 0.25) is 0 Å². The molecule has 0 aliphatic heterocycles. The van der Waals surface area contributed by atoms with E-state index in [1.807, 2.05) is 0 Å². The van der Waals surface area contributed by atoms with Gasteiger partial charge in [0.15, 0.2) is 0 Å². The molecule has 2 heteroatoms. The van der Waals surface area contributed by atoms with Crippen LogP contribution in [0.5, 0.6) is 0 Å². The predicted octanol–water partition coefficient (Wildman–Crippen LogP) is 5.10. The Morgan fingerprint density at radius 1 is 1.16 bits per heavy atom. The first-order valence-electron chi connectivity index (χ1n) is 7.47. The zero-order valence-electron chi connectivity index (χ0n) is 12.1. The van der Waals surface area contributed by atoms with Crippen molar-refractivity contribution in [1.82, 2.24) is 0 Å². The summed E-state index contributed by atoms with van der Waals surface area (Å²) in [6, 6.07) is 8.36. The van der Waals surface area contributed by atoms with Gasteiger partial charge in [-0.15, -0.1) is 0 Å². The number of fused-ring (bicyclic) bond motifs is 1. The van der Waals surface area contributed by atoms with Crippen molar-refractivity contribution in [1.29, 1.82) is 0 Å². The number of hydrogen-bond donors (Lipinski definition) is 1. The summed E-state index contributed by atoms with van der Waals surface area (Å²) in [5.74, 6) is 0.930. The molecule has 1 unspecified atom stereocenters. The minimum absolute atomic E-state index is 0.0356. The summed E-state index contributed by atoms with van der Waals surface area (Å²) in [5, 5.41) is 1.16. The van der Waals surface area contributed by atoms with E-state index in [2.05, 4.69) is 38.1 Å². The maximum atomic E-state index is 6.23. The molecule has 104 valence electrons. The van der Waals surface area contributed by atoms with Crippen molar-refractivity contribution >= 4 is 11.0 Å². The zero-order chi connectivity index (χ0) is 13.7. The van der Waals surface area contributed by atoms with Crippen molar-refractivity contribution in [2.75, 3.05) is 0 Å². The van der Waals surface area contributed by atoms with Gasteiger partial charge >= 0.3 is 0 Å². The van der Waals surface area contributed by atoms with E-state index in [4.69, 9.17) is 10.2 Å². The summed E-state index contributed by atoms with van der Waals surface area (Å²) in [5.41, 5.74) is 8.39. The number of benzene rings is 1. The van der Waals surface area contributed by atoms with Crippen LogP contribution in [0.1, 0.15) is 62.8 Å². The summed E-state index contributed by atoms with van der Waals surface area (Å²) >= 11 is 0. The van der Waals surface area contributed by atoms with Crippen molar-refractivity contribution in [2.24, 2.45) is 5.73 Å². The highest BCUT2D eigenvalue weighted by Crippen LogP contribution is 2.27. The summed E-state index contributed by atoms with van der Waals surface area (Å²) in [7, 11) is 0. The molecule has 0 fully saturated rings. The fourth-order valence-electron chi connectivity index (χ4n) is 2.52. The lowest BCUT2D eigenvalue weighted by Crippen LogP contribution is -2.08. The van der Waals surface area contributed by atoms with Gasteiger partial charge < -0.3 is 10.2 Å². The molecule has 1 aromatic carbocycles. The standard InChI is InChI=1S/C17H25NO/c1-3-4-5-6-7-11-15(18)16-12-14-10-8-9-13(2)17(14)19-16/h8-10,12,15H,3-7,11,18H2,1-2H3. The molecule has 1 heterocycles. The fraction of sp³-hybridized carbons (Fsp3) is 0.529. The van der Waals surface area contributed by atoms with Crippen molar-refractivity contribution in [3.05, 3.63) is 35.6 Å². The average Bonchev–Trinajstić information content (AvgIpc) is 2.84. The third-order valence-corrected chi connectivity index (χ3v) is 3.74. The number of rotatable bonds is 7. The molecule has 2 aromatic rings. The molecule has 2 N–H and O–H groups in total. The first-order valence-corrected chi connectivity index (χ1v) is 7.47. The lowest BCUT2D eigenvalue weighted by atomic mass is 10.1. The van der Waals surface area contributed by atoms with Gasteiger partial charge in [0.05, 0.1) is 6.04 Å². The van der Waals surface area contributed by atoms with E-state index in [0.717, 1.165) is 23.2 Å². The summed E-state index contributed by atoms with van der Waals surface area (Å²) < 4.78 is 5.91. The Labute approximate surface area is 116 Å². The molecule has 0 saturated heterocycles. The number of nitrogens with two attached hydrogens (primary N) is 1. The van der Waals surface area contributed by atoms with E-state index in [9.17, 15) is 0 Å². The molecule has 19 heavy (non-hydrogen) atoms. The summed E-state index contributed by atoms with van der Waals surface area (Å²) in [6.45, 7) is 4.31. The quantitative estimate of drug-likeness (QED) is 0.702.